The Balaban J connectivity index is 1.50. The van der Waals surface area contributed by atoms with Gasteiger partial charge in [-0.2, -0.15) is 0 Å². The van der Waals surface area contributed by atoms with Crippen molar-refractivity contribution in [2.75, 3.05) is 16.2 Å². The molecule has 0 radical (unpaired) electrons. The molecule has 1 N–H and O–H groups in total. The number of aromatic nitrogens is 2. The maximum atomic E-state index is 13.0. The molecular formula is C20H20N4O3S2. The van der Waals surface area contributed by atoms with E-state index < -0.39 is 10.0 Å². The first-order valence-corrected chi connectivity index (χ1v) is 11.6. The van der Waals surface area contributed by atoms with Crippen LogP contribution in [0.25, 0.3) is 0 Å². The Bertz CT molecular complexity index is 1110. The number of nitrogens with one attached hydrogen (secondary N) is 1. The Morgan fingerprint density at radius 3 is 2.41 bits per heavy atom. The molecule has 4 rings (SSSR count). The van der Waals surface area contributed by atoms with Gasteiger partial charge in [0.1, 0.15) is 5.01 Å². The molecule has 2 aromatic carbocycles. The molecule has 0 bridgehead atoms. The summed E-state index contributed by atoms with van der Waals surface area (Å²) in [6.07, 6.45) is 2.24. The predicted octanol–water partition coefficient (Wildman–Crippen LogP) is 3.88. The summed E-state index contributed by atoms with van der Waals surface area (Å²) in [5, 5.41) is 12.2. The van der Waals surface area contributed by atoms with Crippen molar-refractivity contribution in [2.24, 2.45) is 0 Å². The third-order valence-corrected chi connectivity index (χ3v) is 7.54. The van der Waals surface area contributed by atoms with E-state index in [0.717, 1.165) is 17.8 Å². The number of anilines is 2. The largest absolute Gasteiger partial charge is 0.296 e. The van der Waals surface area contributed by atoms with Crippen LogP contribution in [0.5, 0.6) is 0 Å². The number of sulfonamides is 1. The molecule has 1 aromatic heterocycles. The zero-order valence-corrected chi connectivity index (χ0v) is 17.4. The van der Waals surface area contributed by atoms with Crippen molar-refractivity contribution in [2.45, 2.75) is 30.6 Å². The third kappa shape index (κ3) is 4.15. The number of carbonyl (C=O) groups is 1. The van der Waals surface area contributed by atoms with E-state index >= 15 is 0 Å². The lowest BCUT2D eigenvalue weighted by atomic mass is 10.2. The number of hydrogen-bond donors (Lipinski definition) is 1. The SMILES string of the molecule is CCN(c1ccccc1)S(=O)(=O)c1ccc(C(=O)Nc2nnc(C3CC3)s2)cc1. The smallest absolute Gasteiger partial charge is 0.264 e. The fourth-order valence-electron chi connectivity index (χ4n) is 2.94. The summed E-state index contributed by atoms with van der Waals surface area (Å²) in [4.78, 5) is 12.6. The zero-order valence-electron chi connectivity index (χ0n) is 15.8. The second kappa shape index (κ2) is 7.92. The number of rotatable bonds is 7. The molecule has 1 aliphatic carbocycles. The van der Waals surface area contributed by atoms with Gasteiger partial charge in [0.15, 0.2) is 0 Å². The molecule has 150 valence electrons. The van der Waals surface area contributed by atoms with Crippen molar-refractivity contribution < 1.29 is 13.2 Å². The summed E-state index contributed by atoms with van der Waals surface area (Å²) in [6.45, 7) is 2.08. The number of carbonyl (C=O) groups excluding carboxylic acids is 1. The van der Waals surface area contributed by atoms with Crippen molar-refractivity contribution in [3.63, 3.8) is 0 Å². The first kappa shape index (κ1) is 19.5. The summed E-state index contributed by atoms with van der Waals surface area (Å²) in [7, 11) is -3.72. The van der Waals surface area contributed by atoms with Gasteiger partial charge in [0, 0.05) is 18.0 Å². The summed E-state index contributed by atoms with van der Waals surface area (Å²) in [6, 6.07) is 14.8. The van der Waals surface area contributed by atoms with Gasteiger partial charge in [-0.15, -0.1) is 10.2 Å². The molecule has 0 unspecified atom stereocenters. The van der Waals surface area contributed by atoms with Gasteiger partial charge in [-0.3, -0.25) is 14.4 Å². The normalized spacial score (nSPS) is 13.8. The lowest BCUT2D eigenvalue weighted by molar-refractivity contribution is 0.102. The lowest BCUT2D eigenvalue weighted by Gasteiger charge is -2.22. The van der Waals surface area contributed by atoms with Gasteiger partial charge in [0.25, 0.3) is 15.9 Å². The molecule has 1 amide bonds. The van der Waals surface area contributed by atoms with Crippen molar-refractivity contribution in [3.8, 4) is 0 Å². The van der Waals surface area contributed by atoms with E-state index in [1.54, 1.807) is 31.2 Å². The Hall–Kier alpha value is -2.78. The molecule has 0 atom stereocenters. The maximum absolute atomic E-state index is 13.0. The Labute approximate surface area is 173 Å². The predicted molar refractivity (Wildman–Crippen MR) is 113 cm³/mol. The van der Waals surface area contributed by atoms with Gasteiger partial charge in [-0.05, 0) is 56.2 Å². The number of benzene rings is 2. The first-order chi connectivity index (χ1) is 14.0. The van der Waals surface area contributed by atoms with Gasteiger partial charge >= 0.3 is 0 Å². The molecule has 9 heteroatoms. The zero-order chi connectivity index (χ0) is 20.4. The Kier molecular flexibility index (Phi) is 5.33. The topological polar surface area (TPSA) is 92.3 Å². The summed E-state index contributed by atoms with van der Waals surface area (Å²) < 4.78 is 27.4. The van der Waals surface area contributed by atoms with Gasteiger partial charge in [0.05, 0.1) is 10.6 Å². The highest BCUT2D eigenvalue weighted by molar-refractivity contribution is 7.92. The van der Waals surface area contributed by atoms with Crippen LogP contribution in [0.1, 0.15) is 41.0 Å². The molecule has 1 heterocycles. The highest BCUT2D eigenvalue weighted by atomic mass is 32.2. The number of para-hydroxylation sites is 1. The van der Waals surface area contributed by atoms with Crippen LogP contribution < -0.4 is 9.62 Å². The summed E-state index contributed by atoms with van der Waals surface area (Å²) in [5.74, 6) is 0.136. The molecule has 0 spiro atoms. The van der Waals surface area contributed by atoms with E-state index in [4.69, 9.17) is 0 Å². The lowest BCUT2D eigenvalue weighted by Crippen LogP contribution is -2.30. The van der Waals surface area contributed by atoms with E-state index in [9.17, 15) is 13.2 Å². The monoisotopic (exact) mass is 428 g/mol. The minimum Gasteiger partial charge on any atom is -0.296 e. The molecule has 29 heavy (non-hydrogen) atoms. The average Bonchev–Trinajstić information content (AvgIpc) is 3.48. The van der Waals surface area contributed by atoms with E-state index in [1.165, 1.54) is 39.9 Å². The minimum absolute atomic E-state index is 0.131. The van der Waals surface area contributed by atoms with Crippen molar-refractivity contribution >= 4 is 38.1 Å². The molecule has 1 aliphatic rings. The molecule has 1 fully saturated rings. The van der Waals surface area contributed by atoms with Crippen LogP contribution >= 0.6 is 11.3 Å². The molecule has 7 nitrogen and oxygen atoms in total. The van der Waals surface area contributed by atoms with Crippen LogP contribution in [0.4, 0.5) is 10.8 Å². The second-order valence-electron chi connectivity index (χ2n) is 6.70. The molecule has 1 saturated carbocycles. The molecule has 0 saturated heterocycles. The van der Waals surface area contributed by atoms with Gasteiger partial charge < -0.3 is 0 Å². The van der Waals surface area contributed by atoms with Crippen LogP contribution in [-0.4, -0.2) is 31.1 Å². The second-order valence-corrected chi connectivity index (χ2v) is 9.57. The molecule has 3 aromatic rings. The summed E-state index contributed by atoms with van der Waals surface area (Å²) >= 11 is 1.38. The van der Waals surface area contributed by atoms with E-state index in [-0.39, 0.29) is 10.8 Å². The Morgan fingerprint density at radius 1 is 1.10 bits per heavy atom. The van der Waals surface area contributed by atoms with Crippen LogP contribution in [0.15, 0.2) is 59.5 Å². The van der Waals surface area contributed by atoms with Crippen molar-refractivity contribution in [1.29, 1.82) is 0 Å². The van der Waals surface area contributed by atoms with E-state index in [1.807, 2.05) is 6.07 Å². The van der Waals surface area contributed by atoms with Crippen LogP contribution in [-0.2, 0) is 10.0 Å². The highest BCUT2D eigenvalue weighted by Crippen LogP contribution is 2.42. The van der Waals surface area contributed by atoms with Crippen LogP contribution in [0, 0.1) is 0 Å². The fraction of sp³-hybridized carbons (Fsp3) is 0.250. The Morgan fingerprint density at radius 2 is 1.79 bits per heavy atom. The number of hydrogen-bond acceptors (Lipinski definition) is 6. The minimum atomic E-state index is -3.72. The number of amides is 1. The van der Waals surface area contributed by atoms with Crippen molar-refractivity contribution in [1.82, 2.24) is 10.2 Å². The van der Waals surface area contributed by atoms with Gasteiger partial charge in [-0.1, -0.05) is 29.5 Å². The molecule has 0 aliphatic heterocycles. The quantitative estimate of drug-likeness (QED) is 0.616. The van der Waals surface area contributed by atoms with Gasteiger partial charge in [0.2, 0.25) is 5.13 Å². The highest BCUT2D eigenvalue weighted by Gasteiger charge is 2.28. The average molecular weight is 429 g/mol. The molecular weight excluding hydrogens is 408 g/mol. The van der Waals surface area contributed by atoms with Crippen LogP contribution in [0.3, 0.4) is 0 Å². The standard InChI is InChI=1S/C20H20N4O3S2/c1-2-24(16-6-4-3-5-7-16)29(26,27)17-12-10-14(11-13-17)18(25)21-20-23-22-19(28-20)15-8-9-15/h3-7,10-13,15H,2,8-9H2,1H3,(H,21,23,25). The maximum Gasteiger partial charge on any atom is 0.264 e. The van der Waals surface area contributed by atoms with E-state index in [0.29, 0.717) is 28.8 Å². The van der Waals surface area contributed by atoms with Gasteiger partial charge in [-0.25, -0.2) is 8.42 Å². The van der Waals surface area contributed by atoms with Crippen LogP contribution in [0.2, 0.25) is 0 Å². The number of nitrogens with zero attached hydrogens (tertiary/aromatic N) is 3. The third-order valence-electron chi connectivity index (χ3n) is 4.62. The van der Waals surface area contributed by atoms with Crippen molar-refractivity contribution in [3.05, 3.63) is 65.2 Å². The first-order valence-electron chi connectivity index (χ1n) is 9.31. The summed E-state index contributed by atoms with van der Waals surface area (Å²) in [5.41, 5.74) is 0.953. The van der Waals surface area contributed by atoms with E-state index in [2.05, 4.69) is 15.5 Å². The fourth-order valence-corrected chi connectivity index (χ4v) is 5.32.